The van der Waals surface area contributed by atoms with E-state index in [0.29, 0.717) is 16.3 Å². The molecule has 1 heterocycles. The van der Waals surface area contributed by atoms with Crippen LogP contribution in [-0.4, -0.2) is 24.0 Å². The molecule has 106 valence electrons. The summed E-state index contributed by atoms with van der Waals surface area (Å²) in [4.78, 5) is 27.4. The van der Waals surface area contributed by atoms with Gasteiger partial charge in [0.05, 0.1) is 5.69 Å². The van der Waals surface area contributed by atoms with Crippen LogP contribution in [0.25, 0.3) is 0 Å². The second kappa shape index (κ2) is 5.54. The van der Waals surface area contributed by atoms with Gasteiger partial charge in [0.15, 0.2) is 11.0 Å². The third-order valence-electron chi connectivity index (χ3n) is 3.39. The lowest BCUT2D eigenvalue weighted by Gasteiger charge is -2.30. The quantitative estimate of drug-likeness (QED) is 0.793. The lowest BCUT2D eigenvalue weighted by molar-refractivity contribution is -0.117. The number of carbonyl (C=O) groups excluding carboxylic acids is 2. The van der Waals surface area contributed by atoms with Crippen molar-refractivity contribution in [1.82, 2.24) is 0 Å². The summed E-state index contributed by atoms with van der Waals surface area (Å²) in [5, 5.41) is -0.116. The van der Waals surface area contributed by atoms with Crippen LogP contribution in [0.2, 0.25) is 5.02 Å². The molecule has 0 spiro atoms. The summed E-state index contributed by atoms with van der Waals surface area (Å²) < 4.78 is 0. The second-order valence-corrected chi connectivity index (χ2v) is 6.35. The number of para-hydroxylation sites is 1. The maximum absolute atomic E-state index is 12.5. The lowest BCUT2D eigenvalue weighted by Crippen LogP contribution is -2.44. The molecule has 0 bridgehead atoms. The van der Waals surface area contributed by atoms with Gasteiger partial charge in [-0.3, -0.25) is 9.59 Å². The van der Waals surface area contributed by atoms with Gasteiger partial charge in [0.1, 0.15) is 0 Å². The topological polar surface area (TPSA) is 37.4 Å². The molecule has 21 heavy (non-hydrogen) atoms. The summed E-state index contributed by atoms with van der Waals surface area (Å²) in [6.45, 7) is 0. The number of halogens is 1. The van der Waals surface area contributed by atoms with E-state index in [1.807, 2.05) is 24.3 Å². The molecule has 2 aromatic rings. The minimum absolute atomic E-state index is 0.145. The number of Topliss-reactive ketones (excluding diaryl/α,β-unsaturated/α-hetero) is 1. The summed E-state index contributed by atoms with van der Waals surface area (Å²) in [6.07, 6.45) is 0. The van der Waals surface area contributed by atoms with Crippen LogP contribution in [0.4, 0.5) is 5.69 Å². The monoisotopic (exact) mass is 317 g/mol. The Bertz CT molecular complexity index is 714. The molecule has 5 heteroatoms. The largest absolute Gasteiger partial charge is 0.313 e. The molecular weight excluding hydrogens is 306 g/mol. The number of anilines is 1. The van der Waals surface area contributed by atoms with E-state index in [4.69, 9.17) is 11.6 Å². The molecule has 3 nitrogen and oxygen atoms in total. The van der Waals surface area contributed by atoms with Gasteiger partial charge in [-0.15, -0.1) is 11.8 Å². The number of carbonyl (C=O) groups is 2. The van der Waals surface area contributed by atoms with Crippen LogP contribution >= 0.6 is 23.4 Å². The first-order valence-corrected chi connectivity index (χ1v) is 7.67. The van der Waals surface area contributed by atoms with Crippen molar-refractivity contribution in [3.8, 4) is 0 Å². The zero-order valence-corrected chi connectivity index (χ0v) is 12.8. The molecule has 0 saturated heterocycles. The molecule has 0 aliphatic carbocycles. The first-order valence-electron chi connectivity index (χ1n) is 6.41. The van der Waals surface area contributed by atoms with Gasteiger partial charge in [0, 0.05) is 22.5 Å². The summed E-state index contributed by atoms with van der Waals surface area (Å²) >= 11 is 7.11. The SMILES string of the molecule is CN1C(=O)C(Sc2ccc(Cl)cc2)C(=O)c2ccccc21. The van der Waals surface area contributed by atoms with Crippen molar-refractivity contribution < 1.29 is 9.59 Å². The predicted molar refractivity (Wildman–Crippen MR) is 85.3 cm³/mol. The van der Waals surface area contributed by atoms with E-state index in [1.54, 1.807) is 36.2 Å². The molecule has 0 saturated carbocycles. The van der Waals surface area contributed by atoms with E-state index in [9.17, 15) is 9.59 Å². The molecule has 3 rings (SSSR count). The number of hydrogen-bond acceptors (Lipinski definition) is 3. The van der Waals surface area contributed by atoms with E-state index in [0.717, 1.165) is 4.90 Å². The fraction of sp³-hybridized carbons (Fsp3) is 0.125. The van der Waals surface area contributed by atoms with Gasteiger partial charge in [-0.25, -0.2) is 0 Å². The number of thioether (sulfide) groups is 1. The van der Waals surface area contributed by atoms with Crippen LogP contribution < -0.4 is 4.90 Å². The van der Waals surface area contributed by atoms with E-state index < -0.39 is 5.25 Å². The zero-order chi connectivity index (χ0) is 15.0. The highest BCUT2D eigenvalue weighted by molar-refractivity contribution is 8.01. The summed E-state index contributed by atoms with van der Waals surface area (Å²) in [5.74, 6) is -0.340. The number of nitrogens with zero attached hydrogens (tertiary/aromatic N) is 1. The van der Waals surface area contributed by atoms with Crippen molar-refractivity contribution in [2.75, 3.05) is 11.9 Å². The second-order valence-electron chi connectivity index (χ2n) is 4.73. The summed E-state index contributed by atoms with van der Waals surface area (Å²) in [7, 11) is 1.70. The van der Waals surface area contributed by atoms with Crippen LogP contribution in [0.3, 0.4) is 0 Å². The molecular formula is C16H12ClNO2S. The average Bonchev–Trinajstić information content (AvgIpc) is 2.51. The van der Waals surface area contributed by atoms with Crippen LogP contribution in [0.15, 0.2) is 53.4 Å². The molecule has 2 aromatic carbocycles. The third kappa shape index (κ3) is 2.57. The number of rotatable bonds is 2. The van der Waals surface area contributed by atoms with Gasteiger partial charge in [-0.05, 0) is 36.4 Å². The van der Waals surface area contributed by atoms with Gasteiger partial charge in [0.25, 0.3) is 0 Å². The Morgan fingerprint density at radius 2 is 1.71 bits per heavy atom. The van der Waals surface area contributed by atoms with E-state index in [2.05, 4.69) is 0 Å². The molecule has 1 unspecified atom stereocenters. The summed E-state index contributed by atoms with van der Waals surface area (Å²) in [6, 6.07) is 14.3. The maximum Gasteiger partial charge on any atom is 0.248 e. The highest BCUT2D eigenvalue weighted by atomic mass is 35.5. The fourth-order valence-corrected chi connectivity index (χ4v) is 3.46. The van der Waals surface area contributed by atoms with E-state index in [-0.39, 0.29) is 11.7 Å². The zero-order valence-electron chi connectivity index (χ0n) is 11.2. The number of benzene rings is 2. The van der Waals surface area contributed by atoms with E-state index in [1.165, 1.54) is 11.8 Å². The standard InChI is InChI=1S/C16H12ClNO2S/c1-18-13-5-3-2-4-12(13)14(19)15(16(18)20)21-11-8-6-10(17)7-9-11/h2-9,15H,1H3. The summed E-state index contributed by atoms with van der Waals surface area (Å²) in [5.41, 5.74) is 1.26. The Kier molecular flexibility index (Phi) is 3.74. The Labute approximate surface area is 131 Å². The number of ketones is 1. The number of fused-ring (bicyclic) bond motifs is 1. The highest BCUT2D eigenvalue weighted by Gasteiger charge is 2.38. The first-order chi connectivity index (χ1) is 10.1. The molecule has 1 aliphatic rings. The Hall–Kier alpha value is -1.78. The van der Waals surface area contributed by atoms with Gasteiger partial charge in [0.2, 0.25) is 5.91 Å². The van der Waals surface area contributed by atoms with Gasteiger partial charge >= 0.3 is 0 Å². The van der Waals surface area contributed by atoms with Crippen LogP contribution in [0, 0.1) is 0 Å². The van der Waals surface area contributed by atoms with Gasteiger partial charge in [-0.1, -0.05) is 23.7 Å². The van der Waals surface area contributed by atoms with Crippen molar-refractivity contribution in [3.63, 3.8) is 0 Å². The van der Waals surface area contributed by atoms with Crippen molar-refractivity contribution in [1.29, 1.82) is 0 Å². The molecule has 0 aromatic heterocycles. The third-order valence-corrected chi connectivity index (χ3v) is 4.84. The molecule has 0 radical (unpaired) electrons. The van der Waals surface area contributed by atoms with Gasteiger partial charge < -0.3 is 4.90 Å². The van der Waals surface area contributed by atoms with E-state index >= 15 is 0 Å². The van der Waals surface area contributed by atoms with Crippen molar-refractivity contribution in [3.05, 3.63) is 59.1 Å². The predicted octanol–water partition coefficient (Wildman–Crippen LogP) is 3.66. The molecule has 1 aliphatic heterocycles. The molecule has 0 fully saturated rings. The van der Waals surface area contributed by atoms with Crippen LogP contribution in [-0.2, 0) is 4.79 Å². The maximum atomic E-state index is 12.5. The molecule has 1 atom stereocenters. The highest BCUT2D eigenvalue weighted by Crippen LogP contribution is 2.35. The normalized spacial score (nSPS) is 17.8. The fourth-order valence-electron chi connectivity index (χ4n) is 2.28. The number of amides is 1. The Balaban J connectivity index is 1.95. The van der Waals surface area contributed by atoms with Crippen molar-refractivity contribution in [2.45, 2.75) is 10.1 Å². The van der Waals surface area contributed by atoms with Crippen LogP contribution in [0.1, 0.15) is 10.4 Å². The molecule has 1 amide bonds. The smallest absolute Gasteiger partial charge is 0.248 e. The van der Waals surface area contributed by atoms with Crippen LogP contribution in [0.5, 0.6) is 0 Å². The number of hydrogen-bond donors (Lipinski definition) is 0. The van der Waals surface area contributed by atoms with Gasteiger partial charge in [-0.2, -0.15) is 0 Å². The molecule has 0 N–H and O–H groups in total. The Morgan fingerprint density at radius 3 is 2.43 bits per heavy atom. The lowest BCUT2D eigenvalue weighted by atomic mass is 10.00. The average molecular weight is 318 g/mol. The van der Waals surface area contributed by atoms with Crippen molar-refractivity contribution in [2.24, 2.45) is 0 Å². The minimum Gasteiger partial charge on any atom is -0.313 e. The Morgan fingerprint density at radius 1 is 1.05 bits per heavy atom. The minimum atomic E-state index is -0.744. The van der Waals surface area contributed by atoms with Crippen molar-refractivity contribution >= 4 is 40.7 Å². The first kappa shape index (κ1) is 14.2.